The van der Waals surface area contributed by atoms with Gasteiger partial charge in [-0.2, -0.15) is 18.4 Å². The van der Waals surface area contributed by atoms with E-state index in [1.165, 1.54) is 18.2 Å². The van der Waals surface area contributed by atoms with Crippen molar-refractivity contribution in [2.24, 2.45) is 5.73 Å². The van der Waals surface area contributed by atoms with Crippen LogP contribution < -0.4 is 15.4 Å². The van der Waals surface area contributed by atoms with Crippen LogP contribution in [0.2, 0.25) is 0 Å². The third-order valence-corrected chi connectivity index (χ3v) is 6.98. The molecule has 1 aliphatic heterocycles. The zero-order valence-corrected chi connectivity index (χ0v) is 24.3. The van der Waals surface area contributed by atoms with Crippen molar-refractivity contribution in [3.63, 3.8) is 0 Å². The average Bonchev–Trinajstić information content (AvgIpc) is 2.97. The Morgan fingerprint density at radius 1 is 0.977 bits per heavy atom. The molecule has 1 aliphatic rings. The van der Waals surface area contributed by atoms with Gasteiger partial charge >= 0.3 is 18.1 Å². The Balaban J connectivity index is 2.02. The normalized spacial score (nSPS) is 15.2. The molecule has 14 heteroatoms. The molecule has 0 spiro atoms. The smallest absolute Gasteiger partial charge is 0.416 e. The fourth-order valence-electron chi connectivity index (χ4n) is 4.45. The molecule has 0 saturated carbocycles. The summed E-state index contributed by atoms with van der Waals surface area (Å²) in [7, 11) is 2.08. The summed E-state index contributed by atoms with van der Waals surface area (Å²) in [5, 5.41) is 10.2. The standard InChI is InChI=1S/C29H19F5IN3O5/c1-41-27(39)23-22(14-6-4-3-5-7-14)17(13-36)26(37)38(24(23)28(40)42-2)20-9-8-16(35)12-21(20)43-25-18(30)10-15(11-19(25)31)29(32,33)34/h3-12,22H,37H2,1-2H3. The number of carbonyl (C=O) groups excluding carboxylic acids is 2. The summed E-state index contributed by atoms with van der Waals surface area (Å²) in [5.74, 6) is -8.60. The van der Waals surface area contributed by atoms with E-state index in [-0.39, 0.29) is 34.8 Å². The number of anilines is 1. The number of ether oxygens (including phenoxy) is 3. The Morgan fingerprint density at radius 2 is 1.58 bits per heavy atom. The van der Waals surface area contributed by atoms with E-state index in [0.29, 0.717) is 9.13 Å². The van der Waals surface area contributed by atoms with Crippen molar-refractivity contribution in [3.8, 4) is 17.6 Å². The first kappa shape index (κ1) is 31.3. The molecule has 3 aromatic rings. The molecule has 8 nitrogen and oxygen atoms in total. The maximum atomic E-state index is 14.8. The number of hydrogen-bond acceptors (Lipinski definition) is 8. The maximum absolute atomic E-state index is 14.8. The van der Waals surface area contributed by atoms with E-state index in [0.717, 1.165) is 19.1 Å². The number of nitrogens with two attached hydrogens (primary N) is 1. The van der Waals surface area contributed by atoms with E-state index in [1.54, 1.807) is 30.3 Å². The van der Waals surface area contributed by atoms with Gasteiger partial charge in [0.15, 0.2) is 23.1 Å². The number of carbonyl (C=O) groups is 2. The molecule has 0 saturated heterocycles. The Labute approximate surface area is 254 Å². The molecule has 43 heavy (non-hydrogen) atoms. The Morgan fingerprint density at radius 3 is 2.12 bits per heavy atom. The molecular formula is C29H19F5IN3O5. The summed E-state index contributed by atoms with van der Waals surface area (Å²) in [6.07, 6.45) is -5.03. The highest BCUT2D eigenvalue weighted by atomic mass is 127. The first-order valence-corrected chi connectivity index (χ1v) is 13.1. The molecule has 1 atom stereocenters. The molecule has 1 heterocycles. The number of alkyl halides is 3. The van der Waals surface area contributed by atoms with E-state index in [4.69, 9.17) is 19.9 Å². The van der Waals surface area contributed by atoms with Gasteiger partial charge in [-0.25, -0.2) is 18.4 Å². The van der Waals surface area contributed by atoms with Gasteiger partial charge in [0.05, 0.1) is 48.6 Å². The number of hydrogen-bond donors (Lipinski definition) is 1. The molecule has 0 aliphatic carbocycles. The summed E-state index contributed by atoms with van der Waals surface area (Å²) in [6, 6.07) is 14.3. The quantitative estimate of drug-likeness (QED) is 0.181. The van der Waals surface area contributed by atoms with E-state index in [1.807, 2.05) is 28.7 Å². The van der Waals surface area contributed by atoms with Gasteiger partial charge in [0.2, 0.25) is 0 Å². The highest BCUT2D eigenvalue weighted by Crippen LogP contribution is 2.47. The lowest BCUT2D eigenvalue weighted by molar-refractivity contribution is -0.139. The van der Waals surface area contributed by atoms with Crippen LogP contribution in [-0.2, 0) is 25.2 Å². The third-order valence-electron chi connectivity index (χ3n) is 6.31. The second-order valence-corrected chi connectivity index (χ2v) is 10.1. The molecule has 4 rings (SSSR count). The summed E-state index contributed by atoms with van der Waals surface area (Å²) in [5.41, 5.74) is 4.03. The molecule has 2 N–H and O–H groups in total. The van der Waals surface area contributed by atoms with Gasteiger partial charge in [-0.3, -0.25) is 4.90 Å². The van der Waals surface area contributed by atoms with Crippen LogP contribution in [0.15, 0.2) is 83.3 Å². The first-order valence-electron chi connectivity index (χ1n) is 12.0. The lowest BCUT2D eigenvalue weighted by Gasteiger charge is -2.36. The Bertz CT molecular complexity index is 1690. The number of rotatable bonds is 6. The highest BCUT2D eigenvalue weighted by molar-refractivity contribution is 14.1. The summed E-state index contributed by atoms with van der Waals surface area (Å²) < 4.78 is 84.7. The van der Waals surface area contributed by atoms with E-state index >= 15 is 0 Å². The van der Waals surface area contributed by atoms with E-state index < -0.39 is 58.4 Å². The van der Waals surface area contributed by atoms with Crippen LogP contribution in [0.5, 0.6) is 11.5 Å². The van der Waals surface area contributed by atoms with Gasteiger partial charge in [0.25, 0.3) is 0 Å². The zero-order valence-electron chi connectivity index (χ0n) is 22.1. The maximum Gasteiger partial charge on any atom is 0.416 e. The topological polar surface area (TPSA) is 115 Å². The summed E-state index contributed by atoms with van der Waals surface area (Å²) in [4.78, 5) is 27.5. The fourth-order valence-corrected chi connectivity index (χ4v) is 4.91. The van der Waals surface area contributed by atoms with Crippen molar-refractivity contribution in [1.29, 1.82) is 5.26 Å². The van der Waals surface area contributed by atoms with Crippen LogP contribution >= 0.6 is 22.6 Å². The van der Waals surface area contributed by atoms with Gasteiger partial charge in [0, 0.05) is 3.57 Å². The molecule has 0 bridgehead atoms. The zero-order chi connectivity index (χ0) is 31.6. The summed E-state index contributed by atoms with van der Waals surface area (Å²) >= 11 is 1.84. The number of esters is 2. The lowest BCUT2D eigenvalue weighted by Crippen LogP contribution is -2.41. The van der Waals surface area contributed by atoms with Crippen LogP contribution in [-0.4, -0.2) is 26.2 Å². The Hall–Kier alpha value is -4.65. The first-order chi connectivity index (χ1) is 20.3. The summed E-state index contributed by atoms with van der Waals surface area (Å²) in [6.45, 7) is 0. The van der Waals surface area contributed by atoms with Crippen molar-refractivity contribution >= 4 is 40.2 Å². The van der Waals surface area contributed by atoms with Crippen molar-refractivity contribution < 1.29 is 45.8 Å². The largest absolute Gasteiger partial charge is 0.466 e. The van der Waals surface area contributed by atoms with Crippen LogP contribution in [0.25, 0.3) is 0 Å². The van der Waals surface area contributed by atoms with Crippen LogP contribution in [0.4, 0.5) is 27.6 Å². The number of halogens is 6. The fraction of sp³-hybridized carbons (Fsp3) is 0.138. The number of allylic oxidation sites excluding steroid dienone is 1. The van der Waals surface area contributed by atoms with Crippen molar-refractivity contribution in [1.82, 2.24) is 0 Å². The van der Waals surface area contributed by atoms with Gasteiger partial charge in [-0.1, -0.05) is 30.3 Å². The minimum absolute atomic E-state index is 0.0640. The second-order valence-electron chi connectivity index (χ2n) is 8.82. The number of nitrogens with zero attached hydrogens (tertiary/aromatic N) is 2. The monoisotopic (exact) mass is 711 g/mol. The molecular weight excluding hydrogens is 692 g/mol. The minimum Gasteiger partial charge on any atom is -0.466 e. The van der Waals surface area contributed by atoms with Crippen molar-refractivity contribution in [2.75, 3.05) is 19.1 Å². The van der Waals surface area contributed by atoms with Gasteiger partial charge in [-0.05, 0) is 58.5 Å². The molecule has 0 fully saturated rings. The second kappa shape index (κ2) is 12.3. The molecule has 0 amide bonds. The third kappa shape index (κ3) is 5.98. The van der Waals surface area contributed by atoms with Crippen molar-refractivity contribution in [3.05, 3.63) is 110 Å². The van der Waals surface area contributed by atoms with Gasteiger partial charge in [-0.15, -0.1) is 0 Å². The number of benzene rings is 3. The SMILES string of the molecule is COC(=O)C1=C(C(=O)OC)N(c2ccc(I)cc2Oc2c(F)cc(C(F)(F)F)cc2F)C(N)=C(C#N)C1c1ccccc1. The molecule has 3 aromatic carbocycles. The van der Waals surface area contributed by atoms with Crippen LogP contribution in [0.3, 0.4) is 0 Å². The minimum atomic E-state index is -5.03. The van der Waals surface area contributed by atoms with Crippen molar-refractivity contribution in [2.45, 2.75) is 12.1 Å². The van der Waals surface area contributed by atoms with Crippen LogP contribution in [0.1, 0.15) is 17.0 Å². The van der Waals surface area contributed by atoms with Gasteiger partial charge in [0.1, 0.15) is 11.5 Å². The number of methoxy groups -OCH3 is 2. The van der Waals surface area contributed by atoms with E-state index in [2.05, 4.69) is 0 Å². The van der Waals surface area contributed by atoms with Gasteiger partial charge < -0.3 is 19.9 Å². The highest BCUT2D eigenvalue weighted by Gasteiger charge is 2.44. The molecule has 1 unspecified atom stereocenters. The molecule has 0 aromatic heterocycles. The molecule has 222 valence electrons. The number of nitriles is 1. The average molecular weight is 711 g/mol. The van der Waals surface area contributed by atoms with Crippen LogP contribution in [0, 0.1) is 26.5 Å². The Kier molecular flexibility index (Phi) is 8.95. The predicted octanol–water partition coefficient (Wildman–Crippen LogP) is 6.28. The lowest BCUT2D eigenvalue weighted by atomic mass is 9.81. The predicted molar refractivity (Wildman–Crippen MR) is 150 cm³/mol. The molecule has 0 radical (unpaired) electrons. The van der Waals surface area contributed by atoms with E-state index in [9.17, 15) is 36.8 Å².